The van der Waals surface area contributed by atoms with Gasteiger partial charge in [0.2, 0.25) is 0 Å². The van der Waals surface area contributed by atoms with Gasteiger partial charge < -0.3 is 14.9 Å². The summed E-state index contributed by atoms with van der Waals surface area (Å²) in [4.78, 5) is 20.9. The predicted octanol–water partition coefficient (Wildman–Crippen LogP) is 0.816. The third kappa shape index (κ3) is 3.21. The molecule has 1 saturated heterocycles. The van der Waals surface area contributed by atoms with E-state index < -0.39 is 11.9 Å². The van der Waals surface area contributed by atoms with Crippen molar-refractivity contribution in [3.8, 4) is 0 Å². The first-order chi connectivity index (χ1) is 6.91. The molecule has 1 aliphatic heterocycles. The standard InChI is InChI=1S/C10H12O5/c1-5(9(11)12)3-7-8(15-7)4-6(2)10(13)14/h3-4,7-8H,1-2H3,(H,11,12)(H,13,14). The van der Waals surface area contributed by atoms with Crippen LogP contribution in [-0.4, -0.2) is 34.4 Å². The van der Waals surface area contributed by atoms with Crippen molar-refractivity contribution < 1.29 is 24.5 Å². The van der Waals surface area contributed by atoms with E-state index in [9.17, 15) is 9.59 Å². The van der Waals surface area contributed by atoms with Gasteiger partial charge in [-0.2, -0.15) is 0 Å². The molecule has 0 aliphatic carbocycles. The number of rotatable bonds is 4. The van der Waals surface area contributed by atoms with E-state index in [0.29, 0.717) is 0 Å². The minimum absolute atomic E-state index is 0.198. The summed E-state index contributed by atoms with van der Waals surface area (Å²) in [5.41, 5.74) is 0.396. The summed E-state index contributed by atoms with van der Waals surface area (Å²) in [7, 11) is 0. The topological polar surface area (TPSA) is 87.1 Å². The van der Waals surface area contributed by atoms with Gasteiger partial charge in [-0.1, -0.05) is 0 Å². The molecule has 0 bridgehead atoms. The van der Waals surface area contributed by atoms with Crippen LogP contribution in [0.1, 0.15) is 13.8 Å². The van der Waals surface area contributed by atoms with Crippen molar-refractivity contribution in [1.29, 1.82) is 0 Å². The fraction of sp³-hybridized carbons (Fsp3) is 0.400. The Hall–Kier alpha value is -1.62. The molecule has 0 amide bonds. The fourth-order valence-electron chi connectivity index (χ4n) is 1.04. The highest BCUT2D eigenvalue weighted by Crippen LogP contribution is 2.26. The first-order valence-corrected chi connectivity index (χ1v) is 4.40. The van der Waals surface area contributed by atoms with Crippen LogP contribution in [0.3, 0.4) is 0 Å². The Morgan fingerprint density at radius 1 is 1.00 bits per heavy atom. The molecule has 0 saturated carbocycles. The maximum atomic E-state index is 10.5. The Bertz CT molecular complexity index is 319. The Labute approximate surface area is 86.7 Å². The highest BCUT2D eigenvalue weighted by molar-refractivity contribution is 5.86. The van der Waals surface area contributed by atoms with E-state index in [1.54, 1.807) is 0 Å². The number of epoxide rings is 1. The summed E-state index contributed by atoms with van der Waals surface area (Å²) in [5, 5.41) is 17.2. The molecule has 0 radical (unpaired) electrons. The first-order valence-electron chi connectivity index (χ1n) is 4.40. The molecule has 2 atom stereocenters. The van der Waals surface area contributed by atoms with Crippen LogP contribution in [0.5, 0.6) is 0 Å². The summed E-state index contributed by atoms with van der Waals surface area (Å²) in [6.07, 6.45) is 2.32. The van der Waals surface area contributed by atoms with Crippen molar-refractivity contribution >= 4 is 11.9 Å². The predicted molar refractivity (Wildman–Crippen MR) is 51.4 cm³/mol. The lowest BCUT2D eigenvalue weighted by atomic mass is 10.1. The van der Waals surface area contributed by atoms with Crippen LogP contribution >= 0.6 is 0 Å². The number of carboxylic acids is 2. The van der Waals surface area contributed by atoms with E-state index in [-0.39, 0.29) is 23.4 Å². The van der Waals surface area contributed by atoms with E-state index in [1.807, 2.05) is 0 Å². The van der Waals surface area contributed by atoms with Gasteiger partial charge in [0.15, 0.2) is 0 Å². The first kappa shape index (κ1) is 11.5. The van der Waals surface area contributed by atoms with Gasteiger partial charge in [0.05, 0.1) is 0 Å². The molecule has 0 aromatic carbocycles. The van der Waals surface area contributed by atoms with Crippen LogP contribution in [0, 0.1) is 0 Å². The molecule has 0 aromatic heterocycles. The van der Waals surface area contributed by atoms with Gasteiger partial charge in [-0.15, -0.1) is 0 Å². The molecular formula is C10H12O5. The zero-order valence-corrected chi connectivity index (χ0v) is 8.43. The minimum atomic E-state index is -0.997. The summed E-state index contributed by atoms with van der Waals surface area (Å²) in [5.74, 6) is -1.99. The van der Waals surface area contributed by atoms with E-state index in [4.69, 9.17) is 14.9 Å². The van der Waals surface area contributed by atoms with Crippen LogP contribution in [-0.2, 0) is 14.3 Å². The van der Waals surface area contributed by atoms with E-state index in [1.165, 1.54) is 26.0 Å². The molecule has 1 rings (SSSR count). The largest absolute Gasteiger partial charge is 0.478 e. The molecule has 1 aliphatic rings. The van der Waals surface area contributed by atoms with Crippen LogP contribution in [0.2, 0.25) is 0 Å². The summed E-state index contributed by atoms with van der Waals surface area (Å²) in [6, 6.07) is 0. The molecular weight excluding hydrogens is 200 g/mol. The Morgan fingerprint density at radius 2 is 1.33 bits per heavy atom. The summed E-state index contributed by atoms with van der Waals surface area (Å²) >= 11 is 0. The molecule has 5 heteroatoms. The maximum Gasteiger partial charge on any atom is 0.331 e. The quantitative estimate of drug-likeness (QED) is 0.532. The maximum absolute atomic E-state index is 10.5. The molecule has 0 spiro atoms. The normalized spacial score (nSPS) is 26.3. The Kier molecular flexibility index (Phi) is 3.26. The number of ether oxygens (including phenoxy) is 1. The molecule has 0 aromatic rings. The van der Waals surface area contributed by atoms with Crippen molar-refractivity contribution in [2.24, 2.45) is 0 Å². The van der Waals surface area contributed by atoms with Gasteiger partial charge >= 0.3 is 11.9 Å². The highest BCUT2D eigenvalue weighted by Gasteiger charge is 2.35. The number of aliphatic carboxylic acids is 2. The average Bonchev–Trinajstić information content (AvgIpc) is 2.83. The molecule has 2 unspecified atom stereocenters. The van der Waals surface area contributed by atoms with Crippen molar-refractivity contribution in [3.63, 3.8) is 0 Å². The number of hydrogen-bond acceptors (Lipinski definition) is 3. The molecule has 1 fully saturated rings. The fourth-order valence-corrected chi connectivity index (χ4v) is 1.04. The molecule has 1 heterocycles. The number of carboxylic acid groups (broad SMARTS) is 2. The second-order valence-electron chi connectivity index (χ2n) is 3.37. The van der Waals surface area contributed by atoms with Gasteiger partial charge in [-0.25, -0.2) is 9.59 Å². The van der Waals surface area contributed by atoms with Gasteiger partial charge in [0.1, 0.15) is 12.2 Å². The van der Waals surface area contributed by atoms with Crippen molar-refractivity contribution in [2.75, 3.05) is 0 Å². The average molecular weight is 212 g/mol. The van der Waals surface area contributed by atoms with Crippen LogP contribution in [0.15, 0.2) is 23.3 Å². The summed E-state index contributed by atoms with van der Waals surface area (Å²) < 4.78 is 5.08. The van der Waals surface area contributed by atoms with E-state index in [2.05, 4.69) is 0 Å². The number of carbonyl (C=O) groups is 2. The third-order valence-corrected chi connectivity index (χ3v) is 2.06. The Balaban J connectivity index is 2.55. The van der Waals surface area contributed by atoms with Crippen molar-refractivity contribution in [1.82, 2.24) is 0 Å². The van der Waals surface area contributed by atoms with Gasteiger partial charge in [-0.05, 0) is 26.0 Å². The zero-order chi connectivity index (χ0) is 11.6. The van der Waals surface area contributed by atoms with Crippen LogP contribution in [0.25, 0.3) is 0 Å². The van der Waals surface area contributed by atoms with Crippen LogP contribution in [0.4, 0.5) is 0 Å². The second-order valence-corrected chi connectivity index (χ2v) is 3.37. The van der Waals surface area contributed by atoms with Gasteiger partial charge in [0, 0.05) is 11.1 Å². The van der Waals surface area contributed by atoms with Crippen molar-refractivity contribution in [2.45, 2.75) is 26.1 Å². The molecule has 15 heavy (non-hydrogen) atoms. The highest BCUT2D eigenvalue weighted by atomic mass is 16.6. The lowest BCUT2D eigenvalue weighted by Crippen LogP contribution is -2.00. The van der Waals surface area contributed by atoms with E-state index >= 15 is 0 Å². The third-order valence-electron chi connectivity index (χ3n) is 2.06. The Morgan fingerprint density at radius 3 is 1.60 bits per heavy atom. The zero-order valence-electron chi connectivity index (χ0n) is 8.43. The summed E-state index contributed by atoms with van der Waals surface area (Å²) in [6.45, 7) is 2.93. The van der Waals surface area contributed by atoms with Crippen molar-refractivity contribution in [3.05, 3.63) is 23.3 Å². The van der Waals surface area contributed by atoms with Gasteiger partial charge in [0.25, 0.3) is 0 Å². The molecule has 82 valence electrons. The minimum Gasteiger partial charge on any atom is -0.478 e. The lowest BCUT2D eigenvalue weighted by Gasteiger charge is -1.90. The smallest absolute Gasteiger partial charge is 0.331 e. The molecule has 5 nitrogen and oxygen atoms in total. The second kappa shape index (κ2) is 4.27. The molecule has 2 N–H and O–H groups in total. The SMILES string of the molecule is CC(=CC1OC1C=C(C)C(=O)O)C(=O)O. The monoisotopic (exact) mass is 212 g/mol. The van der Waals surface area contributed by atoms with Crippen LogP contribution < -0.4 is 0 Å². The van der Waals surface area contributed by atoms with E-state index in [0.717, 1.165) is 0 Å². The number of hydrogen-bond donors (Lipinski definition) is 2. The van der Waals surface area contributed by atoms with Gasteiger partial charge in [-0.3, -0.25) is 0 Å². The lowest BCUT2D eigenvalue weighted by molar-refractivity contribution is -0.133.